The smallest absolute Gasteiger partial charge is 0.198 e. The average molecular weight is 656 g/mol. The number of aryl methyl sites for hydroxylation is 1. The van der Waals surface area contributed by atoms with E-state index in [1.54, 1.807) is 0 Å². The van der Waals surface area contributed by atoms with Crippen molar-refractivity contribution in [3.63, 3.8) is 0 Å². The third-order valence-electron chi connectivity index (χ3n) is 11.4. The maximum atomic E-state index is 6.54. The van der Waals surface area contributed by atoms with Gasteiger partial charge in [-0.25, -0.2) is 0 Å². The predicted octanol–water partition coefficient (Wildman–Crippen LogP) is 10.4. The third kappa shape index (κ3) is 3.86. The van der Waals surface area contributed by atoms with Gasteiger partial charge in [-0.2, -0.15) is 0 Å². The molecule has 1 aromatic heterocycles. The minimum absolute atomic E-state index is 0.140. The Kier molecular flexibility index (Phi) is 5.71. The van der Waals surface area contributed by atoms with E-state index in [1.165, 1.54) is 66.2 Å². The molecule has 4 heterocycles. The number of rotatable bonds is 4. The van der Waals surface area contributed by atoms with Crippen molar-refractivity contribution in [2.45, 2.75) is 26.2 Å². The summed E-state index contributed by atoms with van der Waals surface area (Å²) in [6, 6.07) is 50.6. The molecular weight excluding hydrogens is 621 g/mol. The molecule has 51 heavy (non-hydrogen) atoms. The first-order valence-corrected chi connectivity index (χ1v) is 17.8. The molecule has 8 aromatic rings. The monoisotopic (exact) mass is 655 g/mol. The lowest BCUT2D eigenvalue weighted by Crippen LogP contribution is -2.41. The van der Waals surface area contributed by atoms with Crippen molar-refractivity contribution in [2.24, 2.45) is 0 Å². The molecule has 3 aliphatic rings. The topological polar surface area (TPSA) is 29.4 Å². The number of anilines is 5. The SMILES string of the molecule is Cc1ccc(Nc2ccccc2-c2cc(N3c4ccccc4Oc4ccccc43)c3c4cccc5c4n4c3c2Bc2cccc(c2-4)C5(C)C)cc1. The molecule has 0 spiro atoms. The Balaban J connectivity index is 1.31. The second-order valence-electron chi connectivity index (χ2n) is 14.7. The Morgan fingerprint density at radius 1 is 0.627 bits per heavy atom. The highest BCUT2D eigenvalue weighted by Crippen LogP contribution is 2.55. The third-order valence-corrected chi connectivity index (χ3v) is 11.4. The Morgan fingerprint density at radius 2 is 1.31 bits per heavy atom. The summed E-state index contributed by atoms with van der Waals surface area (Å²) in [5.41, 5.74) is 18.3. The van der Waals surface area contributed by atoms with E-state index in [0.717, 1.165) is 47.2 Å². The maximum absolute atomic E-state index is 6.54. The summed E-state index contributed by atoms with van der Waals surface area (Å²) in [6.07, 6.45) is 0. The van der Waals surface area contributed by atoms with Gasteiger partial charge in [-0.15, -0.1) is 0 Å². The molecule has 0 saturated heterocycles. The van der Waals surface area contributed by atoms with Gasteiger partial charge in [-0.05, 0) is 77.6 Å². The van der Waals surface area contributed by atoms with Crippen LogP contribution in [0, 0.1) is 6.92 Å². The number of hydrogen-bond acceptors (Lipinski definition) is 3. The van der Waals surface area contributed by atoms with E-state index < -0.39 is 0 Å². The molecule has 0 unspecified atom stereocenters. The Hall–Kier alpha value is -6.20. The molecule has 0 fully saturated rings. The Morgan fingerprint density at radius 3 is 2.10 bits per heavy atom. The first-order chi connectivity index (χ1) is 25.0. The second kappa shape index (κ2) is 10.2. The van der Waals surface area contributed by atoms with Gasteiger partial charge in [0.1, 0.15) is 0 Å². The molecule has 0 amide bonds. The highest BCUT2D eigenvalue weighted by Gasteiger charge is 2.40. The van der Waals surface area contributed by atoms with Crippen molar-refractivity contribution < 1.29 is 4.74 Å². The summed E-state index contributed by atoms with van der Waals surface area (Å²) in [5.74, 6) is 1.71. The molecule has 3 aliphatic heterocycles. The molecule has 0 aliphatic carbocycles. The number of hydrogen-bond donors (Lipinski definition) is 1. The van der Waals surface area contributed by atoms with E-state index in [2.05, 4.69) is 175 Å². The van der Waals surface area contributed by atoms with Crippen LogP contribution in [0.5, 0.6) is 11.5 Å². The lowest BCUT2D eigenvalue weighted by Gasteiger charge is -2.38. The van der Waals surface area contributed by atoms with Gasteiger partial charge >= 0.3 is 0 Å². The largest absolute Gasteiger partial charge is 0.453 e. The Labute approximate surface area is 297 Å². The molecule has 0 saturated carbocycles. The average Bonchev–Trinajstić information content (AvgIpc) is 3.51. The van der Waals surface area contributed by atoms with Gasteiger partial charge in [0.25, 0.3) is 0 Å². The highest BCUT2D eigenvalue weighted by atomic mass is 16.5. The van der Waals surface area contributed by atoms with Crippen LogP contribution in [0.1, 0.15) is 30.5 Å². The van der Waals surface area contributed by atoms with Crippen LogP contribution in [-0.2, 0) is 5.41 Å². The normalized spacial score (nSPS) is 14.2. The molecule has 1 N–H and O–H groups in total. The summed E-state index contributed by atoms with van der Waals surface area (Å²) in [4.78, 5) is 2.44. The summed E-state index contributed by atoms with van der Waals surface area (Å²) < 4.78 is 9.16. The van der Waals surface area contributed by atoms with E-state index in [9.17, 15) is 0 Å². The summed E-state index contributed by atoms with van der Waals surface area (Å²) in [5, 5.41) is 6.36. The summed E-state index contributed by atoms with van der Waals surface area (Å²) >= 11 is 0. The van der Waals surface area contributed by atoms with Crippen molar-refractivity contribution in [2.75, 3.05) is 10.2 Å². The fourth-order valence-corrected chi connectivity index (χ4v) is 9.05. The molecular formula is C46H34BN3O. The van der Waals surface area contributed by atoms with Crippen molar-refractivity contribution in [1.29, 1.82) is 0 Å². The first kappa shape index (κ1) is 28.6. The molecule has 242 valence electrons. The molecule has 0 atom stereocenters. The van der Waals surface area contributed by atoms with Crippen LogP contribution >= 0.6 is 0 Å². The second-order valence-corrected chi connectivity index (χ2v) is 14.7. The molecule has 0 bridgehead atoms. The van der Waals surface area contributed by atoms with Crippen LogP contribution in [0.4, 0.5) is 28.4 Å². The van der Waals surface area contributed by atoms with Crippen LogP contribution in [0.25, 0.3) is 38.6 Å². The van der Waals surface area contributed by atoms with Gasteiger partial charge in [0.05, 0.1) is 28.1 Å². The molecule has 5 heteroatoms. The fourth-order valence-electron chi connectivity index (χ4n) is 9.05. The van der Waals surface area contributed by atoms with Crippen molar-refractivity contribution in [1.82, 2.24) is 4.57 Å². The van der Waals surface area contributed by atoms with E-state index in [1.807, 2.05) is 0 Å². The lowest BCUT2D eigenvalue weighted by molar-refractivity contribution is 0.477. The van der Waals surface area contributed by atoms with E-state index in [-0.39, 0.29) is 5.41 Å². The number of ether oxygens (including phenoxy) is 1. The van der Waals surface area contributed by atoms with Crippen LogP contribution < -0.4 is 25.9 Å². The van der Waals surface area contributed by atoms with Crippen LogP contribution in [0.15, 0.2) is 140 Å². The first-order valence-electron chi connectivity index (χ1n) is 17.8. The lowest BCUT2D eigenvalue weighted by atomic mass is 9.57. The van der Waals surface area contributed by atoms with Crippen molar-refractivity contribution in [3.8, 4) is 28.3 Å². The zero-order valence-corrected chi connectivity index (χ0v) is 28.8. The number of benzene rings is 7. The van der Waals surface area contributed by atoms with Crippen LogP contribution in [0.3, 0.4) is 0 Å². The van der Waals surface area contributed by atoms with Gasteiger partial charge in [0.2, 0.25) is 0 Å². The standard InChI is InChI=1S/C46H34BN3O/c1-27-22-24-28(25-23-27)48-35-17-5-4-12-29(35)31-26-38(49-36-18-6-8-20-39(36)51-40-21-9-7-19-37(40)49)41-30-13-10-14-32-43(30)50-44-33(46(32,2)3)15-11-16-34(44)47-42(31)45(41)50/h4-26,47-48H,1-3H3. The number of fused-ring (bicyclic) bond motifs is 3. The summed E-state index contributed by atoms with van der Waals surface area (Å²) in [6.45, 7) is 6.91. The van der Waals surface area contributed by atoms with Crippen LogP contribution in [-0.4, -0.2) is 11.8 Å². The fraction of sp³-hybridized carbons (Fsp3) is 0.0870. The molecule has 7 aromatic carbocycles. The number of para-hydroxylation sites is 7. The molecule has 4 nitrogen and oxygen atoms in total. The highest BCUT2D eigenvalue weighted by molar-refractivity contribution is 6.74. The van der Waals surface area contributed by atoms with Crippen molar-refractivity contribution in [3.05, 3.63) is 156 Å². The maximum Gasteiger partial charge on any atom is 0.198 e. The number of nitrogens with one attached hydrogen (secondary N) is 1. The molecule has 11 rings (SSSR count). The van der Waals surface area contributed by atoms with Crippen molar-refractivity contribution >= 4 is 68.4 Å². The van der Waals surface area contributed by atoms with Gasteiger partial charge in [-0.3, -0.25) is 0 Å². The number of aromatic nitrogens is 1. The Bertz CT molecular complexity index is 2730. The minimum Gasteiger partial charge on any atom is -0.453 e. The van der Waals surface area contributed by atoms with Gasteiger partial charge in [0.15, 0.2) is 18.8 Å². The minimum atomic E-state index is -0.140. The summed E-state index contributed by atoms with van der Waals surface area (Å²) in [7, 11) is 0.853. The van der Waals surface area contributed by atoms with E-state index in [4.69, 9.17) is 4.74 Å². The number of nitrogens with zero attached hydrogens (tertiary/aromatic N) is 2. The quantitative estimate of drug-likeness (QED) is 0.191. The predicted molar refractivity (Wildman–Crippen MR) is 214 cm³/mol. The van der Waals surface area contributed by atoms with Gasteiger partial charge < -0.3 is 19.5 Å². The van der Waals surface area contributed by atoms with E-state index in [0.29, 0.717) is 0 Å². The molecule has 0 radical (unpaired) electrons. The zero-order valence-electron chi connectivity index (χ0n) is 28.8. The van der Waals surface area contributed by atoms with E-state index >= 15 is 0 Å². The zero-order chi connectivity index (χ0) is 34.0. The van der Waals surface area contributed by atoms with Gasteiger partial charge in [0, 0.05) is 38.8 Å². The van der Waals surface area contributed by atoms with Crippen LogP contribution in [0.2, 0.25) is 0 Å². The van der Waals surface area contributed by atoms with Gasteiger partial charge in [-0.1, -0.05) is 116 Å².